The van der Waals surface area contributed by atoms with Crippen molar-refractivity contribution in [2.45, 2.75) is 25.9 Å². The molecule has 1 fully saturated rings. The van der Waals surface area contributed by atoms with Crippen LogP contribution in [0.2, 0.25) is 10.0 Å². The summed E-state index contributed by atoms with van der Waals surface area (Å²) in [4.78, 5) is 16.0. The molecule has 1 saturated heterocycles. The van der Waals surface area contributed by atoms with Gasteiger partial charge in [-0.25, -0.2) is 4.39 Å². The monoisotopic (exact) mass is 405 g/mol. The maximum Gasteiger partial charge on any atom is 0.224 e. The van der Waals surface area contributed by atoms with Crippen LogP contribution < -0.4 is 4.90 Å². The van der Waals surface area contributed by atoms with Gasteiger partial charge >= 0.3 is 0 Å². The lowest BCUT2D eigenvalue weighted by Gasteiger charge is -2.31. The average molecular weight is 406 g/mol. The molecule has 27 heavy (non-hydrogen) atoms. The molecule has 1 aliphatic rings. The summed E-state index contributed by atoms with van der Waals surface area (Å²) in [5.74, 6) is -0.403. The molecule has 0 aromatic heterocycles. The summed E-state index contributed by atoms with van der Waals surface area (Å²) in [5, 5.41) is 9.48. The minimum absolute atomic E-state index is 0.0583. The summed E-state index contributed by atoms with van der Waals surface area (Å²) >= 11 is 12.1. The molecule has 4 nitrogen and oxygen atoms in total. The first-order valence-corrected chi connectivity index (χ1v) is 9.37. The number of hydrogen-bond acceptors (Lipinski definition) is 3. The molecule has 1 atom stereocenters. The van der Waals surface area contributed by atoms with E-state index in [0.717, 1.165) is 5.69 Å². The standard InChI is InChI=1S/C20H18Cl2FN3O/c1-2-25-12-16(9-19(25)27)26(11-14-4-3-5-17(21)20(14)23)15-7-6-13(10-24)18(22)8-15/h3-8,16H,2,9,11-12H2,1H3/t16-/m0/s1. The van der Waals surface area contributed by atoms with Gasteiger partial charge in [-0.3, -0.25) is 4.79 Å². The van der Waals surface area contributed by atoms with Crippen molar-refractivity contribution in [1.82, 2.24) is 4.90 Å². The molecule has 0 bridgehead atoms. The van der Waals surface area contributed by atoms with Crippen molar-refractivity contribution in [3.05, 3.63) is 63.4 Å². The van der Waals surface area contributed by atoms with Gasteiger partial charge in [0.15, 0.2) is 0 Å². The molecule has 0 radical (unpaired) electrons. The van der Waals surface area contributed by atoms with Gasteiger partial charge in [0, 0.05) is 37.3 Å². The Bertz CT molecular complexity index is 913. The molecule has 0 aliphatic carbocycles. The van der Waals surface area contributed by atoms with Gasteiger partial charge in [-0.2, -0.15) is 5.26 Å². The Morgan fingerprint density at radius 2 is 2.07 bits per heavy atom. The summed E-state index contributed by atoms with van der Waals surface area (Å²) in [5.41, 5.74) is 1.53. The topological polar surface area (TPSA) is 47.3 Å². The summed E-state index contributed by atoms with van der Waals surface area (Å²) in [6.07, 6.45) is 0.341. The third-order valence-electron chi connectivity index (χ3n) is 4.79. The third-order valence-corrected chi connectivity index (χ3v) is 5.40. The van der Waals surface area contributed by atoms with Gasteiger partial charge in [-0.1, -0.05) is 35.3 Å². The summed E-state index contributed by atoms with van der Waals surface area (Å²) in [6, 6.07) is 11.9. The second-order valence-corrected chi connectivity index (χ2v) is 7.22. The van der Waals surface area contributed by atoms with E-state index in [0.29, 0.717) is 35.7 Å². The highest BCUT2D eigenvalue weighted by Crippen LogP contribution is 2.30. The van der Waals surface area contributed by atoms with Crippen molar-refractivity contribution in [2.75, 3.05) is 18.0 Å². The zero-order chi connectivity index (χ0) is 19.6. The quantitative estimate of drug-likeness (QED) is 0.728. The summed E-state index contributed by atoms with van der Waals surface area (Å²) in [7, 11) is 0. The smallest absolute Gasteiger partial charge is 0.224 e. The molecular weight excluding hydrogens is 388 g/mol. The third kappa shape index (κ3) is 4.02. The fraction of sp³-hybridized carbons (Fsp3) is 0.300. The molecular formula is C20H18Cl2FN3O. The molecule has 1 heterocycles. The Morgan fingerprint density at radius 1 is 1.30 bits per heavy atom. The molecule has 2 aromatic carbocycles. The van der Waals surface area contributed by atoms with Crippen LogP contribution in [0.3, 0.4) is 0 Å². The van der Waals surface area contributed by atoms with Crippen molar-refractivity contribution in [2.24, 2.45) is 0 Å². The van der Waals surface area contributed by atoms with Crippen LogP contribution in [0.15, 0.2) is 36.4 Å². The second kappa shape index (κ2) is 8.16. The Morgan fingerprint density at radius 3 is 2.70 bits per heavy atom. The van der Waals surface area contributed by atoms with Gasteiger partial charge in [0.05, 0.1) is 21.7 Å². The normalized spacial score (nSPS) is 16.5. The highest BCUT2D eigenvalue weighted by Gasteiger charge is 2.33. The summed E-state index contributed by atoms with van der Waals surface area (Å²) < 4.78 is 14.5. The van der Waals surface area contributed by atoms with Crippen LogP contribution in [0.5, 0.6) is 0 Å². The number of likely N-dealkylation sites (N-methyl/N-ethyl adjacent to an activating group) is 1. The van der Waals surface area contributed by atoms with Crippen molar-refractivity contribution in [3.63, 3.8) is 0 Å². The highest BCUT2D eigenvalue weighted by atomic mass is 35.5. The largest absolute Gasteiger partial charge is 0.362 e. The lowest BCUT2D eigenvalue weighted by Crippen LogP contribution is -2.37. The Balaban J connectivity index is 1.99. The first kappa shape index (κ1) is 19.5. The van der Waals surface area contributed by atoms with Crippen LogP contribution in [-0.2, 0) is 11.3 Å². The van der Waals surface area contributed by atoms with E-state index in [9.17, 15) is 9.18 Å². The van der Waals surface area contributed by atoms with Crippen LogP contribution in [0.25, 0.3) is 0 Å². The van der Waals surface area contributed by atoms with E-state index in [1.54, 1.807) is 35.2 Å². The zero-order valence-electron chi connectivity index (χ0n) is 14.8. The van der Waals surface area contributed by atoms with Gasteiger partial charge in [-0.05, 0) is 31.2 Å². The number of hydrogen-bond donors (Lipinski definition) is 0. The van der Waals surface area contributed by atoms with E-state index in [-0.39, 0.29) is 23.5 Å². The van der Waals surface area contributed by atoms with E-state index in [4.69, 9.17) is 28.5 Å². The molecule has 7 heteroatoms. The Labute approximate surface area is 167 Å². The van der Waals surface area contributed by atoms with Gasteiger partial charge in [0.1, 0.15) is 11.9 Å². The van der Waals surface area contributed by atoms with Crippen LogP contribution >= 0.6 is 23.2 Å². The second-order valence-electron chi connectivity index (χ2n) is 6.41. The van der Waals surface area contributed by atoms with Gasteiger partial charge in [0.25, 0.3) is 0 Å². The van der Waals surface area contributed by atoms with Crippen LogP contribution in [-0.4, -0.2) is 29.9 Å². The predicted octanol–water partition coefficient (Wildman–Crippen LogP) is 4.63. The van der Waals surface area contributed by atoms with E-state index in [2.05, 4.69) is 0 Å². The highest BCUT2D eigenvalue weighted by molar-refractivity contribution is 6.32. The van der Waals surface area contributed by atoms with E-state index < -0.39 is 5.82 Å². The molecule has 1 aliphatic heterocycles. The molecule has 2 aromatic rings. The van der Waals surface area contributed by atoms with E-state index >= 15 is 0 Å². The van der Waals surface area contributed by atoms with Crippen molar-refractivity contribution >= 4 is 34.8 Å². The Kier molecular flexibility index (Phi) is 5.88. The molecule has 0 N–H and O–H groups in total. The van der Waals surface area contributed by atoms with Gasteiger partial charge in [-0.15, -0.1) is 0 Å². The number of carbonyl (C=O) groups is 1. The van der Waals surface area contributed by atoms with E-state index in [1.807, 2.05) is 17.9 Å². The molecule has 0 spiro atoms. The van der Waals surface area contributed by atoms with Gasteiger partial charge < -0.3 is 9.80 Å². The zero-order valence-corrected chi connectivity index (χ0v) is 16.3. The van der Waals surface area contributed by atoms with Crippen molar-refractivity contribution < 1.29 is 9.18 Å². The minimum atomic E-state index is -0.472. The number of nitriles is 1. The Hall–Kier alpha value is -2.29. The SMILES string of the molecule is CCN1C[C@@H](N(Cc2cccc(Cl)c2F)c2ccc(C#N)c(Cl)c2)CC1=O. The number of benzene rings is 2. The number of anilines is 1. The lowest BCUT2D eigenvalue weighted by molar-refractivity contribution is -0.127. The van der Waals surface area contributed by atoms with Crippen LogP contribution in [0.4, 0.5) is 10.1 Å². The van der Waals surface area contributed by atoms with Crippen LogP contribution in [0.1, 0.15) is 24.5 Å². The first-order valence-electron chi connectivity index (χ1n) is 8.61. The fourth-order valence-corrected chi connectivity index (χ4v) is 3.74. The number of halogens is 3. The van der Waals surface area contributed by atoms with Crippen LogP contribution in [0, 0.1) is 17.1 Å². The number of nitrogens with zero attached hydrogens (tertiary/aromatic N) is 3. The number of carbonyl (C=O) groups excluding carboxylic acids is 1. The van der Waals surface area contributed by atoms with Gasteiger partial charge in [0.2, 0.25) is 5.91 Å². The molecule has 140 valence electrons. The molecule has 0 unspecified atom stereocenters. The maximum absolute atomic E-state index is 14.5. The van der Waals surface area contributed by atoms with Crippen molar-refractivity contribution in [3.8, 4) is 6.07 Å². The fourth-order valence-electron chi connectivity index (χ4n) is 3.32. The van der Waals surface area contributed by atoms with E-state index in [1.165, 1.54) is 6.07 Å². The lowest BCUT2D eigenvalue weighted by atomic mass is 10.1. The molecule has 3 rings (SSSR count). The number of likely N-dealkylation sites (tertiary alicyclic amines) is 1. The molecule has 1 amide bonds. The minimum Gasteiger partial charge on any atom is -0.362 e. The first-order chi connectivity index (χ1) is 12.9. The maximum atomic E-state index is 14.5. The predicted molar refractivity (Wildman–Crippen MR) is 104 cm³/mol. The van der Waals surface area contributed by atoms with Crippen molar-refractivity contribution in [1.29, 1.82) is 5.26 Å². The average Bonchev–Trinajstić information content (AvgIpc) is 3.03. The number of amides is 1. The molecule has 0 saturated carbocycles. The number of rotatable bonds is 5. The summed E-state index contributed by atoms with van der Waals surface area (Å²) in [6.45, 7) is 3.35.